The smallest absolute Gasteiger partial charge is 0.159 e. The van der Waals surface area contributed by atoms with Crippen molar-refractivity contribution in [2.75, 3.05) is 0 Å². The molecule has 1 aromatic rings. The lowest BCUT2D eigenvalue weighted by atomic mass is 9.88. The van der Waals surface area contributed by atoms with Crippen LogP contribution >= 0.6 is 0 Å². The van der Waals surface area contributed by atoms with E-state index < -0.39 is 0 Å². The van der Waals surface area contributed by atoms with Crippen LogP contribution in [0.25, 0.3) is 6.08 Å². The van der Waals surface area contributed by atoms with Gasteiger partial charge in [-0.25, -0.2) is 0 Å². The highest BCUT2D eigenvalue weighted by molar-refractivity contribution is 6.00. The normalized spacial score (nSPS) is 19.7. The second kappa shape index (κ2) is 4.65. The van der Waals surface area contributed by atoms with Crippen LogP contribution in [0.5, 0.6) is 0 Å². The summed E-state index contributed by atoms with van der Waals surface area (Å²) >= 11 is 0. The van der Waals surface area contributed by atoms with Crippen LogP contribution in [0.4, 0.5) is 0 Å². The number of carbonyl (C=O) groups excluding carboxylic acids is 1. The van der Waals surface area contributed by atoms with E-state index in [1.54, 1.807) is 0 Å². The summed E-state index contributed by atoms with van der Waals surface area (Å²) < 4.78 is 0. The van der Waals surface area contributed by atoms with Crippen LogP contribution in [-0.4, -0.2) is 5.78 Å². The average Bonchev–Trinajstić information content (AvgIpc) is 2.24. The fourth-order valence-electron chi connectivity index (χ4n) is 2.22. The number of rotatable bonds is 1. The number of hydrogen-bond donors (Lipinski definition) is 0. The molecule has 0 spiro atoms. The van der Waals surface area contributed by atoms with Crippen LogP contribution in [0, 0.1) is 5.92 Å². The van der Waals surface area contributed by atoms with Crippen LogP contribution in [0.15, 0.2) is 29.8 Å². The third kappa shape index (κ3) is 2.24. The molecule has 0 saturated heterocycles. The highest BCUT2D eigenvalue weighted by Gasteiger charge is 2.16. The van der Waals surface area contributed by atoms with Crippen LogP contribution in [0.3, 0.4) is 0 Å². The zero-order chi connectivity index (χ0) is 11.5. The minimum atomic E-state index is 0.318. The quantitative estimate of drug-likeness (QED) is 0.697. The first-order valence-corrected chi connectivity index (χ1v) is 6.01. The molecular weight excluding hydrogens is 196 g/mol. The maximum absolute atomic E-state index is 12.0. The van der Waals surface area contributed by atoms with Gasteiger partial charge >= 0.3 is 0 Å². The highest BCUT2D eigenvalue weighted by Crippen LogP contribution is 2.24. The van der Waals surface area contributed by atoms with Gasteiger partial charge < -0.3 is 0 Å². The van der Waals surface area contributed by atoms with Gasteiger partial charge in [-0.15, -0.1) is 0 Å². The molecule has 0 amide bonds. The SMILES string of the molecule is CC(C)/C1=C/c2ccccc2CCCC1=O. The lowest BCUT2D eigenvalue weighted by Gasteiger charge is -2.15. The molecule has 1 aliphatic carbocycles. The number of ketones is 1. The molecule has 0 heterocycles. The van der Waals surface area contributed by atoms with Crippen LogP contribution in [0.1, 0.15) is 37.8 Å². The molecule has 0 saturated carbocycles. The van der Waals surface area contributed by atoms with Gasteiger partial charge in [-0.2, -0.15) is 0 Å². The van der Waals surface area contributed by atoms with Crippen LogP contribution < -0.4 is 0 Å². The molecule has 1 heteroatoms. The minimum absolute atomic E-state index is 0.318. The number of Topliss-reactive ketones (excluding diaryl/α,β-unsaturated/α-hetero) is 1. The van der Waals surface area contributed by atoms with Crippen molar-refractivity contribution in [3.63, 3.8) is 0 Å². The van der Waals surface area contributed by atoms with Crippen LogP contribution in [-0.2, 0) is 11.2 Å². The fraction of sp³-hybridized carbons (Fsp3) is 0.400. The van der Waals surface area contributed by atoms with E-state index in [0.717, 1.165) is 18.4 Å². The van der Waals surface area contributed by atoms with E-state index in [0.29, 0.717) is 18.1 Å². The van der Waals surface area contributed by atoms with Crippen molar-refractivity contribution in [1.82, 2.24) is 0 Å². The molecule has 2 rings (SSSR count). The van der Waals surface area contributed by atoms with Crippen LogP contribution in [0.2, 0.25) is 0 Å². The number of aryl methyl sites for hydroxylation is 1. The molecule has 16 heavy (non-hydrogen) atoms. The van der Waals surface area contributed by atoms with Gasteiger partial charge in [0.25, 0.3) is 0 Å². The summed E-state index contributed by atoms with van der Waals surface area (Å²) in [7, 11) is 0. The standard InChI is InChI=1S/C15H18O/c1-11(2)14-10-13-7-4-3-6-12(13)8-5-9-15(14)16/h3-4,6-7,10-11H,5,8-9H2,1-2H3/b14-10-. The van der Waals surface area contributed by atoms with E-state index >= 15 is 0 Å². The van der Waals surface area contributed by atoms with E-state index in [2.05, 4.69) is 38.1 Å². The van der Waals surface area contributed by atoms with E-state index in [-0.39, 0.29) is 0 Å². The van der Waals surface area contributed by atoms with E-state index in [4.69, 9.17) is 0 Å². The zero-order valence-electron chi connectivity index (χ0n) is 9.99. The van der Waals surface area contributed by atoms with E-state index in [1.165, 1.54) is 11.1 Å². The van der Waals surface area contributed by atoms with Crippen molar-refractivity contribution in [2.45, 2.75) is 33.1 Å². The summed E-state index contributed by atoms with van der Waals surface area (Å²) in [6.45, 7) is 4.18. The van der Waals surface area contributed by atoms with Gasteiger partial charge in [-0.3, -0.25) is 4.79 Å². The molecule has 1 aliphatic rings. The summed E-state index contributed by atoms with van der Waals surface area (Å²) in [5, 5.41) is 0. The third-order valence-corrected chi connectivity index (χ3v) is 3.16. The van der Waals surface area contributed by atoms with Gasteiger partial charge in [0.2, 0.25) is 0 Å². The molecular formula is C15H18O. The lowest BCUT2D eigenvalue weighted by Crippen LogP contribution is -2.11. The van der Waals surface area contributed by atoms with Gasteiger partial charge in [0.15, 0.2) is 5.78 Å². The summed E-state index contributed by atoms with van der Waals surface area (Å²) in [6.07, 6.45) is 4.77. The van der Waals surface area contributed by atoms with Crippen molar-refractivity contribution in [3.8, 4) is 0 Å². The first-order chi connectivity index (χ1) is 7.68. The number of fused-ring (bicyclic) bond motifs is 1. The molecule has 0 radical (unpaired) electrons. The van der Waals surface area contributed by atoms with Gasteiger partial charge in [0.05, 0.1) is 0 Å². The Bertz CT molecular complexity index is 427. The summed E-state index contributed by atoms with van der Waals surface area (Å²) in [6, 6.07) is 8.39. The van der Waals surface area contributed by atoms with Gasteiger partial charge in [-0.05, 0) is 41.5 Å². The van der Waals surface area contributed by atoms with Crippen molar-refractivity contribution >= 4 is 11.9 Å². The fourth-order valence-corrected chi connectivity index (χ4v) is 2.22. The van der Waals surface area contributed by atoms with Crippen molar-refractivity contribution in [2.24, 2.45) is 5.92 Å². The molecule has 0 unspecified atom stereocenters. The molecule has 0 bridgehead atoms. The Kier molecular flexibility index (Phi) is 3.23. The first kappa shape index (κ1) is 11.1. The molecule has 0 aromatic heterocycles. The minimum Gasteiger partial charge on any atom is -0.295 e. The number of allylic oxidation sites excluding steroid dienone is 1. The summed E-state index contributed by atoms with van der Waals surface area (Å²) in [4.78, 5) is 12.0. The molecule has 1 aromatic carbocycles. The van der Waals surface area contributed by atoms with Gasteiger partial charge in [0, 0.05) is 6.42 Å². The monoisotopic (exact) mass is 214 g/mol. The molecule has 0 aliphatic heterocycles. The zero-order valence-corrected chi connectivity index (χ0v) is 9.99. The van der Waals surface area contributed by atoms with E-state index in [1.807, 2.05) is 6.07 Å². The Hall–Kier alpha value is -1.37. The van der Waals surface area contributed by atoms with Crippen molar-refractivity contribution < 1.29 is 4.79 Å². The predicted octanol–water partition coefficient (Wildman–Crippen LogP) is 3.63. The highest BCUT2D eigenvalue weighted by atomic mass is 16.1. The molecule has 0 N–H and O–H groups in total. The maximum atomic E-state index is 12.0. The Morgan fingerprint density at radius 2 is 1.88 bits per heavy atom. The Labute approximate surface area is 97.2 Å². The van der Waals surface area contributed by atoms with E-state index in [9.17, 15) is 4.79 Å². The Morgan fingerprint density at radius 3 is 2.62 bits per heavy atom. The number of hydrogen-bond acceptors (Lipinski definition) is 1. The summed E-state index contributed by atoms with van der Waals surface area (Å²) in [5.41, 5.74) is 3.57. The largest absolute Gasteiger partial charge is 0.295 e. The van der Waals surface area contributed by atoms with Crippen molar-refractivity contribution in [1.29, 1.82) is 0 Å². The van der Waals surface area contributed by atoms with Crippen molar-refractivity contribution in [3.05, 3.63) is 41.0 Å². The number of carbonyl (C=O) groups is 1. The summed E-state index contributed by atoms with van der Waals surface area (Å²) in [5.74, 6) is 0.642. The second-order valence-electron chi connectivity index (χ2n) is 4.73. The molecule has 84 valence electrons. The maximum Gasteiger partial charge on any atom is 0.159 e. The Balaban J connectivity index is 2.48. The number of benzene rings is 1. The third-order valence-electron chi connectivity index (χ3n) is 3.16. The first-order valence-electron chi connectivity index (χ1n) is 6.01. The second-order valence-corrected chi connectivity index (χ2v) is 4.73. The molecule has 0 fully saturated rings. The Morgan fingerprint density at radius 1 is 1.12 bits per heavy atom. The molecule has 0 atom stereocenters. The van der Waals surface area contributed by atoms with Gasteiger partial charge in [-0.1, -0.05) is 38.1 Å². The topological polar surface area (TPSA) is 17.1 Å². The van der Waals surface area contributed by atoms with Gasteiger partial charge in [0.1, 0.15) is 0 Å². The lowest BCUT2D eigenvalue weighted by molar-refractivity contribution is -0.116. The molecule has 1 nitrogen and oxygen atoms in total. The average molecular weight is 214 g/mol. The predicted molar refractivity (Wildman–Crippen MR) is 67.2 cm³/mol.